The topological polar surface area (TPSA) is 55.4 Å². The fourth-order valence-electron chi connectivity index (χ4n) is 2.14. The Kier molecular flexibility index (Phi) is 5.41. The van der Waals surface area contributed by atoms with Crippen molar-refractivity contribution in [3.63, 3.8) is 0 Å². The van der Waals surface area contributed by atoms with Gasteiger partial charge in [0.25, 0.3) is 0 Å². The summed E-state index contributed by atoms with van der Waals surface area (Å²) in [5.74, 6) is 0.711. The molecule has 0 amide bonds. The quantitative estimate of drug-likeness (QED) is 0.779. The zero-order valence-corrected chi connectivity index (χ0v) is 12.1. The van der Waals surface area contributed by atoms with E-state index in [9.17, 15) is 8.42 Å². The molecule has 1 heterocycles. The second kappa shape index (κ2) is 6.16. The molecule has 0 aromatic heterocycles. The van der Waals surface area contributed by atoms with Gasteiger partial charge >= 0.3 is 0 Å². The summed E-state index contributed by atoms with van der Waals surface area (Å²) in [6.07, 6.45) is 0.955. The third-order valence-corrected chi connectivity index (χ3v) is 6.32. The molecule has 1 aliphatic rings. The first kappa shape index (κ1) is 14.9. The Balaban J connectivity index is 2.66. The molecule has 1 aliphatic heterocycles. The first-order valence-corrected chi connectivity index (χ1v) is 8.06. The number of nitrogens with one attached hydrogen (secondary N) is 1. The summed E-state index contributed by atoms with van der Waals surface area (Å²) in [4.78, 5) is 0. The van der Waals surface area contributed by atoms with Gasteiger partial charge in [0.1, 0.15) is 0 Å². The van der Waals surface area contributed by atoms with Crippen molar-refractivity contribution in [1.29, 1.82) is 0 Å². The van der Waals surface area contributed by atoms with Gasteiger partial charge in [-0.1, -0.05) is 13.8 Å². The summed E-state index contributed by atoms with van der Waals surface area (Å²) in [7, 11) is -1.19. The molecular weight excluding hydrogens is 238 g/mol. The third-order valence-electron chi connectivity index (χ3n) is 3.82. The van der Waals surface area contributed by atoms with E-state index in [2.05, 4.69) is 5.32 Å². The Morgan fingerprint density at radius 1 is 1.35 bits per heavy atom. The molecule has 0 aromatic carbocycles. The molecule has 0 saturated carbocycles. The number of hydrogen-bond acceptors (Lipinski definition) is 4. The average molecular weight is 263 g/mol. The lowest BCUT2D eigenvalue weighted by atomic mass is 10.0. The molecule has 1 rings (SSSR count). The summed E-state index contributed by atoms with van der Waals surface area (Å²) in [6, 6.07) is 0.0173. The van der Waals surface area contributed by atoms with E-state index in [0.717, 1.165) is 13.0 Å². The molecule has 0 spiro atoms. The van der Waals surface area contributed by atoms with Gasteiger partial charge in [0.2, 0.25) is 0 Å². The highest BCUT2D eigenvalue weighted by Crippen LogP contribution is 2.21. The highest BCUT2D eigenvalue weighted by atomic mass is 32.2. The molecule has 1 N–H and O–H groups in total. The van der Waals surface area contributed by atoms with Gasteiger partial charge < -0.3 is 10.1 Å². The SMILES string of the molecule is CNC(CS(=O)(=O)C(C)C(C)C)C1CCOC1. The number of ether oxygens (including phenoxy) is 1. The zero-order chi connectivity index (χ0) is 13.1. The van der Waals surface area contributed by atoms with E-state index in [1.807, 2.05) is 20.9 Å². The Labute approximate surface area is 105 Å². The second-order valence-corrected chi connectivity index (χ2v) is 7.70. The van der Waals surface area contributed by atoms with Crippen LogP contribution >= 0.6 is 0 Å². The number of sulfone groups is 1. The van der Waals surface area contributed by atoms with Crippen LogP contribution in [0.25, 0.3) is 0 Å². The Hall–Kier alpha value is -0.130. The molecule has 0 aromatic rings. The normalized spacial score (nSPS) is 25.1. The van der Waals surface area contributed by atoms with E-state index in [1.165, 1.54) is 0 Å². The van der Waals surface area contributed by atoms with Crippen molar-refractivity contribution in [3.8, 4) is 0 Å². The largest absolute Gasteiger partial charge is 0.381 e. The van der Waals surface area contributed by atoms with Gasteiger partial charge in [-0.05, 0) is 26.3 Å². The molecule has 4 nitrogen and oxygen atoms in total. The predicted molar refractivity (Wildman–Crippen MR) is 69.9 cm³/mol. The van der Waals surface area contributed by atoms with Crippen LogP contribution in [0, 0.1) is 11.8 Å². The average Bonchev–Trinajstić information content (AvgIpc) is 2.78. The minimum Gasteiger partial charge on any atom is -0.381 e. The molecule has 1 saturated heterocycles. The van der Waals surface area contributed by atoms with Gasteiger partial charge in [-0.3, -0.25) is 0 Å². The summed E-state index contributed by atoms with van der Waals surface area (Å²) >= 11 is 0. The fraction of sp³-hybridized carbons (Fsp3) is 1.00. The molecule has 1 fully saturated rings. The van der Waals surface area contributed by atoms with Crippen LogP contribution in [0.15, 0.2) is 0 Å². The molecule has 3 unspecified atom stereocenters. The van der Waals surface area contributed by atoms with Crippen LogP contribution in [0.4, 0.5) is 0 Å². The minimum absolute atomic E-state index is 0.0173. The highest BCUT2D eigenvalue weighted by Gasteiger charge is 2.32. The molecule has 3 atom stereocenters. The van der Waals surface area contributed by atoms with Gasteiger partial charge in [-0.25, -0.2) is 8.42 Å². The third kappa shape index (κ3) is 3.93. The molecule has 102 valence electrons. The van der Waals surface area contributed by atoms with Gasteiger partial charge in [0, 0.05) is 18.6 Å². The van der Waals surface area contributed by atoms with Crippen molar-refractivity contribution < 1.29 is 13.2 Å². The molecular formula is C12H25NO3S. The van der Waals surface area contributed by atoms with Crippen LogP contribution in [-0.4, -0.2) is 45.7 Å². The lowest BCUT2D eigenvalue weighted by Gasteiger charge is -2.25. The molecule has 17 heavy (non-hydrogen) atoms. The Morgan fingerprint density at radius 3 is 2.41 bits per heavy atom. The van der Waals surface area contributed by atoms with Crippen molar-refractivity contribution in [1.82, 2.24) is 5.32 Å². The second-order valence-electron chi connectivity index (χ2n) is 5.30. The first-order chi connectivity index (χ1) is 7.88. The van der Waals surface area contributed by atoms with Crippen LogP contribution < -0.4 is 5.32 Å². The van der Waals surface area contributed by atoms with E-state index in [-0.39, 0.29) is 23.0 Å². The molecule has 5 heteroatoms. The van der Waals surface area contributed by atoms with Crippen molar-refractivity contribution >= 4 is 9.84 Å². The number of hydrogen-bond donors (Lipinski definition) is 1. The first-order valence-electron chi connectivity index (χ1n) is 6.35. The van der Waals surface area contributed by atoms with Gasteiger partial charge in [-0.15, -0.1) is 0 Å². The Bertz CT molecular complexity index is 321. The smallest absolute Gasteiger partial charge is 0.154 e. The lowest BCUT2D eigenvalue weighted by molar-refractivity contribution is 0.179. The monoisotopic (exact) mass is 263 g/mol. The predicted octanol–water partition coefficient (Wildman–Crippen LogP) is 1.07. The summed E-state index contributed by atoms with van der Waals surface area (Å²) < 4.78 is 29.8. The number of rotatable bonds is 6. The van der Waals surface area contributed by atoms with Crippen molar-refractivity contribution in [2.24, 2.45) is 11.8 Å². The van der Waals surface area contributed by atoms with Gasteiger partial charge in [0.05, 0.1) is 17.6 Å². The fourth-order valence-corrected chi connectivity index (χ4v) is 4.21. The maximum Gasteiger partial charge on any atom is 0.154 e. The van der Waals surface area contributed by atoms with Crippen LogP contribution in [-0.2, 0) is 14.6 Å². The lowest BCUT2D eigenvalue weighted by Crippen LogP contribution is -2.42. The van der Waals surface area contributed by atoms with Crippen molar-refractivity contribution in [2.75, 3.05) is 26.0 Å². The van der Waals surface area contributed by atoms with Crippen LogP contribution in [0.1, 0.15) is 27.2 Å². The molecule has 0 aliphatic carbocycles. The van der Waals surface area contributed by atoms with Crippen molar-refractivity contribution in [3.05, 3.63) is 0 Å². The van der Waals surface area contributed by atoms with Crippen molar-refractivity contribution in [2.45, 2.75) is 38.5 Å². The van der Waals surface area contributed by atoms with E-state index >= 15 is 0 Å². The van der Waals surface area contributed by atoms with Gasteiger partial charge in [0.15, 0.2) is 9.84 Å². The van der Waals surface area contributed by atoms with E-state index in [4.69, 9.17) is 4.74 Å². The maximum atomic E-state index is 12.2. The molecule has 0 radical (unpaired) electrons. The Morgan fingerprint density at radius 2 is 2.00 bits per heavy atom. The zero-order valence-electron chi connectivity index (χ0n) is 11.3. The van der Waals surface area contributed by atoms with E-state index in [0.29, 0.717) is 12.5 Å². The summed E-state index contributed by atoms with van der Waals surface area (Å²) in [5.41, 5.74) is 0. The van der Waals surface area contributed by atoms with Crippen LogP contribution in [0.5, 0.6) is 0 Å². The minimum atomic E-state index is -3.03. The van der Waals surface area contributed by atoms with Crippen LogP contribution in [0.3, 0.4) is 0 Å². The van der Waals surface area contributed by atoms with E-state index in [1.54, 1.807) is 6.92 Å². The molecule has 0 bridgehead atoms. The van der Waals surface area contributed by atoms with Crippen LogP contribution in [0.2, 0.25) is 0 Å². The van der Waals surface area contributed by atoms with Gasteiger partial charge in [-0.2, -0.15) is 0 Å². The summed E-state index contributed by atoms with van der Waals surface area (Å²) in [5, 5.41) is 2.86. The summed E-state index contributed by atoms with van der Waals surface area (Å²) in [6.45, 7) is 7.14. The highest BCUT2D eigenvalue weighted by molar-refractivity contribution is 7.92. The standard InChI is InChI=1S/C12H25NO3S/c1-9(2)10(3)17(14,15)8-12(13-4)11-5-6-16-7-11/h9-13H,5-8H2,1-4H3. The van der Waals surface area contributed by atoms with E-state index < -0.39 is 9.84 Å². The maximum absolute atomic E-state index is 12.2.